The number of nitrogens with zero attached hydrogens (tertiary/aromatic N) is 1. The summed E-state index contributed by atoms with van der Waals surface area (Å²) < 4.78 is 5.82. The predicted octanol–water partition coefficient (Wildman–Crippen LogP) is 4.87. The van der Waals surface area contributed by atoms with Gasteiger partial charge in [0, 0.05) is 5.56 Å². The van der Waals surface area contributed by atoms with Crippen molar-refractivity contribution in [3.05, 3.63) is 101 Å². The van der Waals surface area contributed by atoms with E-state index < -0.39 is 5.97 Å². The molecular weight excluding hydrogens is 364 g/mol. The van der Waals surface area contributed by atoms with Crippen LogP contribution in [0.3, 0.4) is 0 Å². The maximum atomic E-state index is 12.3. The molecule has 5 heteroatoms. The first kappa shape index (κ1) is 20.1. The Balaban J connectivity index is 1.60. The van der Waals surface area contributed by atoms with Crippen molar-refractivity contribution in [2.45, 2.75) is 26.4 Å². The molecule has 148 valence electrons. The average molecular weight is 388 g/mol. The Labute approximate surface area is 170 Å². The Morgan fingerprint density at radius 2 is 1.62 bits per heavy atom. The minimum atomic E-state index is -0.577. The van der Waals surface area contributed by atoms with Crippen LogP contribution in [0.15, 0.2) is 84.0 Å². The summed E-state index contributed by atoms with van der Waals surface area (Å²) in [6, 6.07) is 24.2. The van der Waals surface area contributed by atoms with E-state index in [9.17, 15) is 4.79 Å². The van der Waals surface area contributed by atoms with Crippen LogP contribution in [-0.2, 0) is 11.4 Å². The molecule has 0 aromatic heterocycles. The lowest BCUT2D eigenvalue weighted by Gasteiger charge is -2.09. The standard InChI is InChI=1S/C24H24N2O3/c1-17(2)19-11-13-22(14-12-19)28-16-18-7-6-10-21(15-18)24(27)29-26-23(25)20-8-4-3-5-9-20/h3-15,17H,16H2,1-2H3,(H2,25,26). The lowest BCUT2D eigenvalue weighted by Crippen LogP contribution is -2.15. The zero-order valence-corrected chi connectivity index (χ0v) is 16.5. The van der Waals surface area contributed by atoms with Gasteiger partial charge in [0.15, 0.2) is 5.84 Å². The molecule has 0 bridgehead atoms. The molecule has 29 heavy (non-hydrogen) atoms. The van der Waals surface area contributed by atoms with E-state index >= 15 is 0 Å². The number of amidine groups is 1. The Hall–Kier alpha value is -3.60. The van der Waals surface area contributed by atoms with Crippen LogP contribution in [0.5, 0.6) is 5.75 Å². The zero-order valence-electron chi connectivity index (χ0n) is 16.5. The molecule has 0 fully saturated rings. The minimum absolute atomic E-state index is 0.142. The summed E-state index contributed by atoms with van der Waals surface area (Å²) in [7, 11) is 0. The molecule has 0 spiro atoms. The van der Waals surface area contributed by atoms with E-state index in [1.165, 1.54) is 5.56 Å². The van der Waals surface area contributed by atoms with Crippen molar-refractivity contribution >= 4 is 11.8 Å². The first-order chi connectivity index (χ1) is 14.0. The summed E-state index contributed by atoms with van der Waals surface area (Å²) in [5.41, 5.74) is 9.03. The van der Waals surface area contributed by atoms with Crippen molar-refractivity contribution in [2.24, 2.45) is 10.9 Å². The molecule has 5 nitrogen and oxygen atoms in total. The quantitative estimate of drug-likeness (QED) is 0.271. The third-order valence-corrected chi connectivity index (χ3v) is 4.41. The largest absolute Gasteiger partial charge is 0.489 e. The van der Waals surface area contributed by atoms with Crippen molar-refractivity contribution < 1.29 is 14.4 Å². The fourth-order valence-corrected chi connectivity index (χ4v) is 2.71. The van der Waals surface area contributed by atoms with Gasteiger partial charge in [-0.05, 0) is 41.3 Å². The molecular formula is C24H24N2O3. The van der Waals surface area contributed by atoms with Gasteiger partial charge < -0.3 is 15.3 Å². The number of carbonyl (C=O) groups excluding carboxylic acids is 1. The van der Waals surface area contributed by atoms with Gasteiger partial charge in [0.05, 0.1) is 5.56 Å². The fourth-order valence-electron chi connectivity index (χ4n) is 2.71. The van der Waals surface area contributed by atoms with Gasteiger partial charge >= 0.3 is 5.97 Å². The van der Waals surface area contributed by atoms with Crippen molar-refractivity contribution in [3.63, 3.8) is 0 Å². The van der Waals surface area contributed by atoms with Crippen LogP contribution in [0.4, 0.5) is 0 Å². The molecule has 0 aliphatic heterocycles. The molecule has 0 aliphatic carbocycles. The second kappa shape index (κ2) is 9.55. The topological polar surface area (TPSA) is 73.9 Å². The van der Waals surface area contributed by atoms with Crippen LogP contribution in [0, 0.1) is 0 Å². The van der Waals surface area contributed by atoms with Crippen LogP contribution in [0.25, 0.3) is 0 Å². The molecule has 3 aromatic carbocycles. The van der Waals surface area contributed by atoms with Gasteiger partial charge in [-0.3, -0.25) is 0 Å². The van der Waals surface area contributed by atoms with Gasteiger partial charge in [-0.1, -0.05) is 73.6 Å². The number of oxime groups is 1. The highest BCUT2D eigenvalue weighted by molar-refractivity contribution is 5.98. The SMILES string of the molecule is CC(C)c1ccc(OCc2cccc(C(=O)O/N=C(\N)c3ccccc3)c2)cc1. The van der Waals surface area contributed by atoms with Crippen LogP contribution < -0.4 is 10.5 Å². The molecule has 0 aliphatic rings. The van der Waals surface area contributed by atoms with E-state index in [2.05, 4.69) is 31.1 Å². The van der Waals surface area contributed by atoms with Gasteiger partial charge in [-0.25, -0.2) is 4.79 Å². The predicted molar refractivity (Wildman–Crippen MR) is 114 cm³/mol. The molecule has 0 saturated heterocycles. The van der Waals surface area contributed by atoms with Crippen molar-refractivity contribution in [3.8, 4) is 5.75 Å². The van der Waals surface area contributed by atoms with E-state index in [4.69, 9.17) is 15.3 Å². The normalized spacial score (nSPS) is 11.3. The third-order valence-electron chi connectivity index (χ3n) is 4.41. The molecule has 0 saturated carbocycles. The lowest BCUT2D eigenvalue weighted by atomic mass is 10.0. The zero-order chi connectivity index (χ0) is 20.6. The molecule has 2 N–H and O–H groups in total. The fraction of sp³-hybridized carbons (Fsp3) is 0.167. The summed E-state index contributed by atoms with van der Waals surface area (Å²) in [6.45, 7) is 4.65. The van der Waals surface area contributed by atoms with E-state index in [0.29, 0.717) is 23.7 Å². The maximum Gasteiger partial charge on any atom is 0.365 e. The molecule has 0 atom stereocenters. The summed E-state index contributed by atoms with van der Waals surface area (Å²) in [5, 5.41) is 3.73. The second-order valence-electron chi connectivity index (χ2n) is 6.93. The van der Waals surface area contributed by atoms with E-state index in [1.807, 2.05) is 36.4 Å². The monoisotopic (exact) mass is 388 g/mol. The van der Waals surface area contributed by atoms with Crippen LogP contribution in [0.1, 0.15) is 46.8 Å². The van der Waals surface area contributed by atoms with Crippen LogP contribution in [0.2, 0.25) is 0 Å². The number of nitrogens with two attached hydrogens (primary N) is 1. The van der Waals surface area contributed by atoms with Crippen molar-refractivity contribution in [1.82, 2.24) is 0 Å². The maximum absolute atomic E-state index is 12.3. The van der Waals surface area contributed by atoms with Crippen LogP contribution >= 0.6 is 0 Å². The van der Waals surface area contributed by atoms with E-state index in [1.54, 1.807) is 30.3 Å². The molecule has 3 aromatic rings. The third kappa shape index (κ3) is 5.69. The number of rotatable bonds is 7. The van der Waals surface area contributed by atoms with Crippen LogP contribution in [-0.4, -0.2) is 11.8 Å². The number of ether oxygens (including phenoxy) is 1. The number of hydrogen-bond donors (Lipinski definition) is 1. The molecule has 0 radical (unpaired) electrons. The summed E-state index contributed by atoms with van der Waals surface area (Å²) in [5.74, 6) is 0.822. The van der Waals surface area contributed by atoms with Gasteiger partial charge in [-0.2, -0.15) is 0 Å². The Kier molecular flexibility index (Phi) is 6.63. The number of carbonyl (C=O) groups is 1. The number of benzene rings is 3. The first-order valence-corrected chi connectivity index (χ1v) is 9.45. The van der Waals surface area contributed by atoms with Gasteiger partial charge in [0.2, 0.25) is 0 Å². The molecule has 0 heterocycles. The lowest BCUT2D eigenvalue weighted by molar-refractivity contribution is 0.0516. The summed E-state index contributed by atoms with van der Waals surface area (Å²) in [6.07, 6.45) is 0. The Morgan fingerprint density at radius 3 is 2.31 bits per heavy atom. The number of hydrogen-bond acceptors (Lipinski definition) is 4. The first-order valence-electron chi connectivity index (χ1n) is 9.45. The van der Waals surface area contributed by atoms with Gasteiger partial charge in [-0.15, -0.1) is 0 Å². The van der Waals surface area contributed by atoms with Crippen molar-refractivity contribution in [1.29, 1.82) is 0 Å². The highest BCUT2D eigenvalue weighted by Crippen LogP contribution is 2.19. The highest BCUT2D eigenvalue weighted by Gasteiger charge is 2.09. The van der Waals surface area contributed by atoms with E-state index in [-0.39, 0.29) is 5.84 Å². The summed E-state index contributed by atoms with van der Waals surface area (Å²) >= 11 is 0. The van der Waals surface area contributed by atoms with E-state index in [0.717, 1.165) is 11.3 Å². The Bertz CT molecular complexity index is 981. The Morgan fingerprint density at radius 1 is 0.931 bits per heavy atom. The molecule has 0 amide bonds. The molecule has 3 rings (SSSR count). The van der Waals surface area contributed by atoms with Gasteiger partial charge in [0.25, 0.3) is 0 Å². The van der Waals surface area contributed by atoms with Gasteiger partial charge in [0.1, 0.15) is 12.4 Å². The molecule has 0 unspecified atom stereocenters. The summed E-state index contributed by atoms with van der Waals surface area (Å²) in [4.78, 5) is 17.3. The highest BCUT2D eigenvalue weighted by atomic mass is 16.7. The second-order valence-corrected chi connectivity index (χ2v) is 6.93. The van der Waals surface area contributed by atoms with Crippen molar-refractivity contribution in [2.75, 3.05) is 0 Å². The smallest absolute Gasteiger partial charge is 0.365 e. The average Bonchev–Trinajstić information content (AvgIpc) is 2.77. The minimum Gasteiger partial charge on any atom is -0.489 e.